The van der Waals surface area contributed by atoms with Crippen LogP contribution >= 0.6 is 0 Å². The second-order valence-electron chi connectivity index (χ2n) is 4.47. The first-order valence-corrected chi connectivity index (χ1v) is 5.97. The topological polar surface area (TPSA) is 44.4 Å². The van der Waals surface area contributed by atoms with Crippen molar-refractivity contribution >= 4 is 6.03 Å². The molecule has 0 radical (unpaired) electrons. The number of hydrogen-bond acceptors (Lipinski definition) is 2. The highest BCUT2D eigenvalue weighted by Gasteiger charge is 2.28. The van der Waals surface area contributed by atoms with E-state index >= 15 is 0 Å². The maximum absolute atomic E-state index is 11.7. The Hall–Kier alpha value is -1.55. The van der Waals surface area contributed by atoms with E-state index in [9.17, 15) is 4.79 Å². The first kappa shape index (κ1) is 11.9. The summed E-state index contributed by atoms with van der Waals surface area (Å²) in [4.78, 5) is 13.6. The summed E-state index contributed by atoms with van der Waals surface area (Å²) in [6.45, 7) is 4.40. The maximum Gasteiger partial charge on any atom is 0.318 e. The third kappa shape index (κ3) is 2.77. The number of nitrogens with zero attached hydrogens (tertiary/aromatic N) is 1. The first-order chi connectivity index (χ1) is 8.20. The number of likely N-dealkylation sites (N-methyl/N-ethyl adjacent to an activating group) is 1. The molecule has 1 fully saturated rings. The van der Waals surface area contributed by atoms with Gasteiger partial charge in [0.25, 0.3) is 0 Å². The minimum absolute atomic E-state index is 0.0340. The summed E-state index contributed by atoms with van der Waals surface area (Å²) in [6.07, 6.45) is 0. The molecule has 1 heterocycles. The van der Waals surface area contributed by atoms with Crippen LogP contribution in [0.2, 0.25) is 0 Å². The lowest BCUT2D eigenvalue weighted by atomic mass is 10.1. The number of hydrogen-bond donors (Lipinski definition) is 2. The van der Waals surface area contributed by atoms with E-state index in [0.717, 1.165) is 19.6 Å². The Kier molecular flexibility index (Phi) is 3.64. The molecule has 0 aliphatic carbocycles. The van der Waals surface area contributed by atoms with Crippen LogP contribution < -0.4 is 10.6 Å². The Balaban J connectivity index is 2.03. The van der Waals surface area contributed by atoms with Crippen molar-refractivity contribution in [2.75, 3.05) is 26.7 Å². The lowest BCUT2D eigenvalue weighted by Gasteiger charge is -2.14. The van der Waals surface area contributed by atoms with Crippen LogP contribution in [0.15, 0.2) is 24.3 Å². The van der Waals surface area contributed by atoms with Crippen molar-refractivity contribution < 1.29 is 4.79 Å². The molecule has 2 N–H and O–H groups in total. The van der Waals surface area contributed by atoms with Crippen LogP contribution in [0, 0.1) is 6.92 Å². The zero-order chi connectivity index (χ0) is 12.3. The van der Waals surface area contributed by atoms with Crippen LogP contribution in [-0.4, -0.2) is 37.6 Å². The smallest absolute Gasteiger partial charge is 0.318 e. The Morgan fingerprint density at radius 1 is 1.53 bits per heavy atom. The van der Waals surface area contributed by atoms with Crippen molar-refractivity contribution in [1.82, 2.24) is 15.5 Å². The molecule has 1 atom stereocenters. The second kappa shape index (κ2) is 5.19. The predicted molar refractivity (Wildman–Crippen MR) is 68.0 cm³/mol. The van der Waals surface area contributed by atoms with Crippen molar-refractivity contribution in [2.24, 2.45) is 0 Å². The summed E-state index contributed by atoms with van der Waals surface area (Å²) in [7, 11) is 1.89. The molecule has 1 aliphatic rings. The summed E-state index contributed by atoms with van der Waals surface area (Å²) in [5.41, 5.74) is 2.41. The minimum atomic E-state index is 0.0340. The molecular weight excluding hydrogens is 214 g/mol. The van der Waals surface area contributed by atoms with Gasteiger partial charge < -0.3 is 15.5 Å². The molecule has 17 heavy (non-hydrogen) atoms. The van der Waals surface area contributed by atoms with Crippen molar-refractivity contribution in [3.8, 4) is 0 Å². The van der Waals surface area contributed by atoms with Gasteiger partial charge in [0, 0.05) is 19.6 Å². The Morgan fingerprint density at radius 2 is 2.35 bits per heavy atom. The highest BCUT2D eigenvalue weighted by atomic mass is 16.2. The quantitative estimate of drug-likeness (QED) is 0.823. The van der Waals surface area contributed by atoms with Gasteiger partial charge in [-0.1, -0.05) is 29.8 Å². The average Bonchev–Trinajstić information content (AvgIpc) is 2.68. The van der Waals surface area contributed by atoms with Gasteiger partial charge in [0.1, 0.15) is 0 Å². The third-order valence-electron chi connectivity index (χ3n) is 3.06. The number of aryl methyl sites for hydroxylation is 1. The van der Waals surface area contributed by atoms with Crippen molar-refractivity contribution in [3.05, 3.63) is 35.4 Å². The highest BCUT2D eigenvalue weighted by Crippen LogP contribution is 2.20. The van der Waals surface area contributed by atoms with Gasteiger partial charge in [0.15, 0.2) is 0 Å². The number of amides is 2. The molecule has 4 nitrogen and oxygen atoms in total. The van der Waals surface area contributed by atoms with Crippen LogP contribution in [0.5, 0.6) is 0 Å². The van der Waals surface area contributed by atoms with Gasteiger partial charge in [-0.2, -0.15) is 0 Å². The summed E-state index contributed by atoms with van der Waals surface area (Å²) >= 11 is 0. The molecule has 0 spiro atoms. The molecule has 0 saturated carbocycles. The number of nitrogens with one attached hydrogen (secondary N) is 2. The number of benzene rings is 1. The molecule has 92 valence electrons. The largest absolute Gasteiger partial charge is 0.329 e. The molecule has 4 heteroatoms. The van der Waals surface area contributed by atoms with E-state index in [0.29, 0.717) is 0 Å². The van der Waals surface area contributed by atoms with Crippen LogP contribution in [0.4, 0.5) is 4.79 Å². The molecule has 2 rings (SSSR count). The number of carbonyl (C=O) groups excluding carboxylic acids is 1. The number of rotatable bonds is 4. The third-order valence-corrected chi connectivity index (χ3v) is 3.06. The molecule has 2 amide bonds. The van der Waals surface area contributed by atoms with Gasteiger partial charge in [-0.3, -0.25) is 0 Å². The van der Waals surface area contributed by atoms with E-state index in [-0.39, 0.29) is 12.1 Å². The van der Waals surface area contributed by atoms with Gasteiger partial charge in [0.05, 0.1) is 6.04 Å². The normalized spacial score (nSPS) is 19.5. The van der Waals surface area contributed by atoms with E-state index in [1.165, 1.54) is 11.1 Å². The zero-order valence-corrected chi connectivity index (χ0v) is 10.4. The van der Waals surface area contributed by atoms with Crippen molar-refractivity contribution in [3.63, 3.8) is 0 Å². The first-order valence-electron chi connectivity index (χ1n) is 5.97. The summed E-state index contributed by atoms with van der Waals surface area (Å²) in [5.74, 6) is 0. The Bertz CT molecular complexity index is 405. The molecule has 0 bridgehead atoms. The fraction of sp³-hybridized carbons (Fsp3) is 0.462. The average molecular weight is 233 g/mol. The summed E-state index contributed by atoms with van der Waals surface area (Å²) < 4.78 is 0. The molecule has 1 aliphatic heterocycles. The zero-order valence-electron chi connectivity index (χ0n) is 10.4. The fourth-order valence-corrected chi connectivity index (χ4v) is 2.10. The summed E-state index contributed by atoms with van der Waals surface area (Å²) in [5, 5.41) is 6.07. The van der Waals surface area contributed by atoms with E-state index in [1.54, 1.807) is 0 Å². The standard InChI is InChI=1S/C13H19N3O/c1-10-4-3-5-11(8-10)12-9-16(7-6-14-2)13(17)15-12/h3-5,8,12,14H,6-7,9H2,1-2H3,(H,15,17). The highest BCUT2D eigenvalue weighted by molar-refractivity contribution is 5.77. The van der Waals surface area contributed by atoms with Gasteiger partial charge in [0.2, 0.25) is 0 Å². The lowest BCUT2D eigenvalue weighted by molar-refractivity contribution is 0.218. The second-order valence-corrected chi connectivity index (χ2v) is 4.47. The SMILES string of the molecule is CNCCN1CC(c2cccc(C)c2)NC1=O. The fourth-order valence-electron chi connectivity index (χ4n) is 2.10. The summed E-state index contributed by atoms with van der Waals surface area (Å²) in [6, 6.07) is 8.46. The molecule has 1 unspecified atom stereocenters. The van der Waals surface area contributed by atoms with Crippen LogP contribution in [0.1, 0.15) is 17.2 Å². The van der Waals surface area contributed by atoms with Crippen molar-refractivity contribution in [2.45, 2.75) is 13.0 Å². The van der Waals surface area contributed by atoms with Crippen LogP contribution in [0.25, 0.3) is 0 Å². The van der Waals surface area contributed by atoms with Crippen LogP contribution in [0.3, 0.4) is 0 Å². The molecule has 1 aromatic rings. The van der Waals surface area contributed by atoms with Crippen molar-refractivity contribution in [1.29, 1.82) is 0 Å². The lowest BCUT2D eigenvalue weighted by Crippen LogP contribution is -2.33. The van der Waals surface area contributed by atoms with Gasteiger partial charge >= 0.3 is 6.03 Å². The Labute approximate surface area is 102 Å². The molecule has 1 aromatic carbocycles. The van der Waals surface area contributed by atoms with Crippen LogP contribution in [-0.2, 0) is 0 Å². The van der Waals surface area contributed by atoms with E-state index in [4.69, 9.17) is 0 Å². The number of carbonyl (C=O) groups is 1. The van der Waals surface area contributed by atoms with E-state index < -0.39 is 0 Å². The van der Waals surface area contributed by atoms with Gasteiger partial charge in [-0.15, -0.1) is 0 Å². The van der Waals surface area contributed by atoms with Gasteiger partial charge in [-0.05, 0) is 19.5 Å². The molecular formula is C13H19N3O. The molecule has 1 saturated heterocycles. The van der Waals surface area contributed by atoms with Gasteiger partial charge in [-0.25, -0.2) is 4.79 Å². The molecule has 0 aromatic heterocycles. The maximum atomic E-state index is 11.7. The monoisotopic (exact) mass is 233 g/mol. The number of urea groups is 1. The minimum Gasteiger partial charge on any atom is -0.329 e. The predicted octanol–water partition coefficient (Wildman–Crippen LogP) is 1.28. The van der Waals surface area contributed by atoms with E-state index in [2.05, 4.69) is 35.8 Å². The Morgan fingerprint density at radius 3 is 3.06 bits per heavy atom. The van der Waals surface area contributed by atoms with E-state index in [1.807, 2.05) is 18.0 Å².